The van der Waals surface area contributed by atoms with E-state index in [2.05, 4.69) is 20.9 Å². The monoisotopic (exact) mass is 342 g/mol. The van der Waals surface area contributed by atoms with Crippen molar-refractivity contribution in [2.45, 2.75) is 6.92 Å². The van der Waals surface area contributed by atoms with Gasteiger partial charge in [-0.25, -0.2) is 4.98 Å². The van der Waals surface area contributed by atoms with Crippen molar-refractivity contribution < 1.29 is 9.66 Å². The van der Waals surface area contributed by atoms with Crippen molar-refractivity contribution in [2.24, 2.45) is 0 Å². The first-order valence-corrected chi connectivity index (χ1v) is 6.38. The van der Waals surface area contributed by atoms with E-state index < -0.39 is 4.92 Å². The Kier molecular flexibility index (Phi) is 4.01. The largest absolute Gasteiger partial charge is 0.437 e. The van der Waals surface area contributed by atoms with Crippen LogP contribution in [0.3, 0.4) is 0 Å². The SMILES string of the molecule is Cc1cc(Br)ccc1Oc1ncc([N+](=O)[O-])cc1Cl. The fourth-order valence-corrected chi connectivity index (χ4v) is 2.10. The molecule has 0 fully saturated rings. The van der Waals surface area contributed by atoms with E-state index >= 15 is 0 Å². The van der Waals surface area contributed by atoms with Gasteiger partial charge in [-0.15, -0.1) is 0 Å². The minimum absolute atomic E-state index is 0.0940. The summed E-state index contributed by atoms with van der Waals surface area (Å²) in [4.78, 5) is 13.9. The summed E-state index contributed by atoms with van der Waals surface area (Å²) < 4.78 is 6.47. The maximum Gasteiger partial charge on any atom is 0.289 e. The van der Waals surface area contributed by atoms with E-state index in [0.29, 0.717) is 5.75 Å². The lowest BCUT2D eigenvalue weighted by Crippen LogP contribution is -1.94. The summed E-state index contributed by atoms with van der Waals surface area (Å²) in [6.45, 7) is 1.87. The van der Waals surface area contributed by atoms with Crippen LogP contribution in [0.4, 0.5) is 5.69 Å². The van der Waals surface area contributed by atoms with Gasteiger partial charge in [-0.3, -0.25) is 10.1 Å². The predicted octanol–water partition coefficient (Wildman–Crippen LogP) is 4.51. The molecule has 1 aromatic heterocycles. The molecule has 2 rings (SSSR count). The maximum atomic E-state index is 10.6. The molecular weight excluding hydrogens is 336 g/mol. The molecule has 0 spiro atoms. The summed E-state index contributed by atoms with van der Waals surface area (Å²) in [5.41, 5.74) is 0.718. The lowest BCUT2D eigenvalue weighted by Gasteiger charge is -2.09. The third kappa shape index (κ3) is 3.21. The van der Waals surface area contributed by atoms with Gasteiger partial charge in [0, 0.05) is 10.5 Å². The lowest BCUT2D eigenvalue weighted by molar-refractivity contribution is -0.385. The Morgan fingerprint density at radius 3 is 2.74 bits per heavy atom. The van der Waals surface area contributed by atoms with Crippen molar-refractivity contribution in [2.75, 3.05) is 0 Å². The molecule has 98 valence electrons. The number of nitrogens with zero attached hydrogens (tertiary/aromatic N) is 2. The second-order valence-electron chi connectivity index (χ2n) is 3.75. The highest BCUT2D eigenvalue weighted by molar-refractivity contribution is 9.10. The van der Waals surface area contributed by atoms with Crippen LogP contribution in [0.15, 0.2) is 34.9 Å². The zero-order valence-corrected chi connectivity index (χ0v) is 12.1. The van der Waals surface area contributed by atoms with Crippen LogP contribution in [0, 0.1) is 17.0 Å². The van der Waals surface area contributed by atoms with E-state index in [1.54, 1.807) is 6.07 Å². The van der Waals surface area contributed by atoms with Crippen molar-refractivity contribution in [3.05, 3.63) is 55.6 Å². The second kappa shape index (κ2) is 5.54. The van der Waals surface area contributed by atoms with E-state index in [1.165, 1.54) is 6.07 Å². The molecule has 0 atom stereocenters. The van der Waals surface area contributed by atoms with Gasteiger partial charge in [-0.1, -0.05) is 27.5 Å². The van der Waals surface area contributed by atoms with E-state index in [1.807, 2.05) is 19.1 Å². The fraction of sp³-hybridized carbons (Fsp3) is 0.0833. The molecule has 0 aliphatic carbocycles. The quantitative estimate of drug-likeness (QED) is 0.607. The third-order valence-electron chi connectivity index (χ3n) is 2.35. The summed E-state index contributed by atoms with van der Waals surface area (Å²) >= 11 is 9.26. The topological polar surface area (TPSA) is 65.3 Å². The Hall–Kier alpha value is -1.66. The number of benzene rings is 1. The number of pyridine rings is 1. The predicted molar refractivity (Wildman–Crippen MR) is 74.9 cm³/mol. The Labute approximate surface area is 122 Å². The van der Waals surface area contributed by atoms with Gasteiger partial charge in [-0.2, -0.15) is 0 Å². The van der Waals surface area contributed by atoms with Gasteiger partial charge in [0.25, 0.3) is 5.69 Å². The Bertz CT molecular complexity index is 649. The summed E-state index contributed by atoms with van der Waals surface area (Å²) in [5, 5.41) is 10.7. The van der Waals surface area contributed by atoms with Gasteiger partial charge in [0.15, 0.2) is 0 Å². The zero-order chi connectivity index (χ0) is 14.0. The Balaban J connectivity index is 2.31. The summed E-state index contributed by atoms with van der Waals surface area (Å²) in [7, 11) is 0. The summed E-state index contributed by atoms with van der Waals surface area (Å²) in [6, 6.07) is 6.67. The van der Waals surface area contributed by atoms with E-state index in [-0.39, 0.29) is 16.6 Å². The highest BCUT2D eigenvalue weighted by Gasteiger charge is 2.13. The molecule has 2 aromatic rings. The molecule has 5 nitrogen and oxygen atoms in total. The van der Waals surface area contributed by atoms with Crippen LogP contribution in [0.2, 0.25) is 5.02 Å². The first kappa shape index (κ1) is 13.8. The highest BCUT2D eigenvalue weighted by atomic mass is 79.9. The molecular formula is C12H8BrClN2O3. The number of aryl methyl sites for hydroxylation is 1. The van der Waals surface area contributed by atoms with Gasteiger partial charge in [0.2, 0.25) is 5.88 Å². The van der Waals surface area contributed by atoms with Crippen LogP contribution in [-0.2, 0) is 0 Å². The Morgan fingerprint density at radius 1 is 1.42 bits per heavy atom. The van der Waals surface area contributed by atoms with Gasteiger partial charge >= 0.3 is 0 Å². The molecule has 0 bridgehead atoms. The maximum absolute atomic E-state index is 10.6. The first-order chi connectivity index (χ1) is 8.97. The van der Waals surface area contributed by atoms with Crippen molar-refractivity contribution >= 4 is 33.2 Å². The van der Waals surface area contributed by atoms with Crippen molar-refractivity contribution in [3.63, 3.8) is 0 Å². The summed E-state index contributed by atoms with van der Waals surface area (Å²) in [6.07, 6.45) is 1.11. The van der Waals surface area contributed by atoms with Crippen molar-refractivity contribution in [3.8, 4) is 11.6 Å². The van der Waals surface area contributed by atoms with Crippen molar-refractivity contribution in [1.82, 2.24) is 4.98 Å². The number of ether oxygens (including phenoxy) is 1. The fourth-order valence-electron chi connectivity index (χ4n) is 1.42. The van der Waals surface area contributed by atoms with E-state index in [9.17, 15) is 10.1 Å². The molecule has 0 aliphatic rings. The zero-order valence-electron chi connectivity index (χ0n) is 9.76. The number of aromatic nitrogens is 1. The van der Waals surface area contributed by atoms with E-state index in [4.69, 9.17) is 16.3 Å². The van der Waals surface area contributed by atoms with Crippen molar-refractivity contribution in [1.29, 1.82) is 0 Å². The summed E-state index contributed by atoms with van der Waals surface area (Å²) in [5.74, 6) is 0.726. The second-order valence-corrected chi connectivity index (χ2v) is 5.07. The minimum atomic E-state index is -0.562. The van der Waals surface area contributed by atoms with Crippen LogP contribution in [0.25, 0.3) is 0 Å². The molecule has 0 saturated carbocycles. The number of rotatable bonds is 3. The average molecular weight is 344 g/mol. The molecule has 19 heavy (non-hydrogen) atoms. The van der Waals surface area contributed by atoms with Crippen LogP contribution < -0.4 is 4.74 Å². The molecule has 0 amide bonds. The minimum Gasteiger partial charge on any atom is -0.437 e. The van der Waals surface area contributed by atoms with Crippen LogP contribution in [0.5, 0.6) is 11.6 Å². The molecule has 1 aromatic carbocycles. The molecule has 0 saturated heterocycles. The van der Waals surface area contributed by atoms with Crippen LogP contribution in [-0.4, -0.2) is 9.91 Å². The number of hydrogen-bond donors (Lipinski definition) is 0. The third-order valence-corrected chi connectivity index (χ3v) is 3.11. The Morgan fingerprint density at radius 2 is 2.16 bits per heavy atom. The van der Waals surface area contributed by atoms with Crippen LogP contribution in [0.1, 0.15) is 5.56 Å². The first-order valence-electron chi connectivity index (χ1n) is 5.21. The molecule has 0 unspecified atom stereocenters. The highest BCUT2D eigenvalue weighted by Crippen LogP contribution is 2.32. The standard InChI is InChI=1S/C12H8BrClN2O3/c1-7-4-8(13)2-3-11(7)19-12-10(14)5-9(6-15-12)16(17)18/h2-6H,1H3. The smallest absolute Gasteiger partial charge is 0.289 e. The number of halogens is 2. The molecule has 0 aliphatic heterocycles. The van der Waals surface area contributed by atoms with Crippen LogP contribution >= 0.6 is 27.5 Å². The van der Waals surface area contributed by atoms with Gasteiger partial charge in [0.1, 0.15) is 17.0 Å². The average Bonchev–Trinajstić information content (AvgIpc) is 2.34. The lowest BCUT2D eigenvalue weighted by atomic mass is 10.2. The van der Waals surface area contributed by atoms with E-state index in [0.717, 1.165) is 16.2 Å². The number of hydrogen-bond acceptors (Lipinski definition) is 4. The molecule has 0 N–H and O–H groups in total. The molecule has 1 heterocycles. The molecule has 0 radical (unpaired) electrons. The normalized spacial score (nSPS) is 10.3. The number of nitro groups is 1. The van der Waals surface area contributed by atoms with Gasteiger partial charge in [-0.05, 0) is 30.7 Å². The van der Waals surface area contributed by atoms with Gasteiger partial charge < -0.3 is 4.74 Å². The molecule has 7 heteroatoms. The van der Waals surface area contributed by atoms with Gasteiger partial charge in [0.05, 0.1) is 4.92 Å².